The Morgan fingerprint density at radius 1 is 1.40 bits per heavy atom. The van der Waals surface area contributed by atoms with Crippen molar-refractivity contribution in [1.29, 1.82) is 0 Å². The molecular weight excluding hydrogens is 216 g/mol. The highest BCUT2D eigenvalue weighted by molar-refractivity contribution is 7.91. The highest BCUT2D eigenvalue weighted by Gasteiger charge is 2.12. The molecule has 0 aromatic rings. The maximum atomic E-state index is 11.4. The molecule has 1 amide bonds. The van der Waals surface area contributed by atoms with Gasteiger partial charge in [-0.05, 0) is 19.8 Å². The molecular formula is C9H20N2O3S. The molecule has 0 aromatic carbocycles. The lowest BCUT2D eigenvalue weighted by atomic mass is 10.3. The van der Waals surface area contributed by atoms with Gasteiger partial charge >= 0.3 is 0 Å². The van der Waals surface area contributed by atoms with Crippen molar-refractivity contribution in [2.45, 2.75) is 32.2 Å². The molecule has 0 aliphatic rings. The molecule has 0 spiro atoms. The van der Waals surface area contributed by atoms with Gasteiger partial charge in [0.25, 0.3) is 0 Å². The summed E-state index contributed by atoms with van der Waals surface area (Å²) in [7, 11) is -1.51. The first-order valence-electron chi connectivity index (χ1n) is 5.04. The third kappa shape index (κ3) is 8.38. The highest BCUT2D eigenvalue weighted by Crippen LogP contribution is 2.01. The van der Waals surface area contributed by atoms with E-state index in [2.05, 4.69) is 5.32 Å². The summed E-state index contributed by atoms with van der Waals surface area (Å²) in [5.74, 6) is 0.0448. The Kier molecular flexibility index (Phi) is 6.51. The van der Waals surface area contributed by atoms with Crippen LogP contribution < -0.4 is 11.1 Å². The van der Waals surface area contributed by atoms with Gasteiger partial charge in [-0.3, -0.25) is 4.79 Å². The second-order valence-electron chi connectivity index (χ2n) is 3.69. The van der Waals surface area contributed by atoms with Crippen LogP contribution in [0.25, 0.3) is 0 Å². The van der Waals surface area contributed by atoms with E-state index in [9.17, 15) is 13.2 Å². The first kappa shape index (κ1) is 14.4. The number of hydrogen-bond donors (Lipinski definition) is 2. The number of amides is 1. The molecule has 5 nitrogen and oxygen atoms in total. The number of carbonyl (C=O) groups excluding carboxylic acids is 1. The van der Waals surface area contributed by atoms with Crippen molar-refractivity contribution in [2.75, 3.05) is 18.6 Å². The van der Waals surface area contributed by atoms with Gasteiger partial charge in [0.2, 0.25) is 5.91 Å². The molecule has 0 saturated carbocycles. The van der Waals surface area contributed by atoms with E-state index in [1.165, 1.54) is 7.05 Å². The van der Waals surface area contributed by atoms with E-state index in [1.54, 1.807) is 6.92 Å². The van der Waals surface area contributed by atoms with Crippen LogP contribution in [0.2, 0.25) is 0 Å². The summed E-state index contributed by atoms with van der Waals surface area (Å²) in [6.45, 7) is 1.78. The van der Waals surface area contributed by atoms with Crippen LogP contribution in [-0.2, 0) is 14.6 Å². The van der Waals surface area contributed by atoms with Crippen molar-refractivity contribution in [3.63, 3.8) is 0 Å². The molecule has 0 radical (unpaired) electrons. The average molecular weight is 236 g/mol. The zero-order chi connectivity index (χ0) is 11.9. The van der Waals surface area contributed by atoms with E-state index in [-0.39, 0.29) is 29.9 Å². The first-order chi connectivity index (χ1) is 6.87. The Bertz CT molecular complexity index is 286. The van der Waals surface area contributed by atoms with Crippen LogP contribution in [0.3, 0.4) is 0 Å². The molecule has 3 N–H and O–H groups in total. The van der Waals surface area contributed by atoms with Crippen molar-refractivity contribution in [3.05, 3.63) is 0 Å². The van der Waals surface area contributed by atoms with Gasteiger partial charge in [0.05, 0.1) is 11.5 Å². The molecule has 6 heteroatoms. The lowest BCUT2D eigenvalue weighted by Gasteiger charge is -2.06. The SMILES string of the molecule is CNC(=O)CCCS(=O)(=O)CCC(C)N. The maximum absolute atomic E-state index is 11.4. The Hall–Kier alpha value is -0.620. The van der Waals surface area contributed by atoms with E-state index in [1.807, 2.05) is 0 Å². The van der Waals surface area contributed by atoms with Crippen molar-refractivity contribution in [3.8, 4) is 0 Å². The van der Waals surface area contributed by atoms with Crippen molar-refractivity contribution in [1.82, 2.24) is 5.32 Å². The van der Waals surface area contributed by atoms with Crippen molar-refractivity contribution < 1.29 is 13.2 Å². The van der Waals surface area contributed by atoms with Gasteiger partial charge in [0.15, 0.2) is 0 Å². The van der Waals surface area contributed by atoms with Gasteiger partial charge < -0.3 is 11.1 Å². The van der Waals surface area contributed by atoms with Crippen LogP contribution in [0, 0.1) is 0 Å². The van der Waals surface area contributed by atoms with Gasteiger partial charge in [-0.2, -0.15) is 0 Å². The summed E-state index contributed by atoms with van der Waals surface area (Å²) in [6.07, 6.45) is 1.11. The van der Waals surface area contributed by atoms with E-state index < -0.39 is 9.84 Å². The van der Waals surface area contributed by atoms with Crippen LogP contribution in [0.15, 0.2) is 0 Å². The van der Waals surface area contributed by atoms with Crippen molar-refractivity contribution >= 4 is 15.7 Å². The van der Waals surface area contributed by atoms with E-state index in [0.29, 0.717) is 12.8 Å². The summed E-state index contributed by atoms with van der Waals surface area (Å²) in [5.41, 5.74) is 5.47. The molecule has 0 saturated heterocycles. The number of carbonyl (C=O) groups is 1. The fourth-order valence-corrected chi connectivity index (χ4v) is 2.56. The summed E-state index contributed by atoms with van der Waals surface area (Å²) in [4.78, 5) is 10.8. The van der Waals surface area contributed by atoms with Gasteiger partial charge in [-0.1, -0.05) is 0 Å². The number of hydrogen-bond acceptors (Lipinski definition) is 4. The fourth-order valence-electron chi connectivity index (χ4n) is 1.05. The summed E-state index contributed by atoms with van der Waals surface area (Å²) < 4.78 is 22.8. The summed E-state index contributed by atoms with van der Waals surface area (Å²) in [6, 6.07) is -0.0984. The van der Waals surface area contributed by atoms with Gasteiger partial charge in [-0.15, -0.1) is 0 Å². The zero-order valence-corrected chi connectivity index (χ0v) is 10.1. The molecule has 0 aromatic heterocycles. The summed E-state index contributed by atoms with van der Waals surface area (Å²) >= 11 is 0. The Morgan fingerprint density at radius 3 is 2.47 bits per heavy atom. The van der Waals surface area contributed by atoms with Gasteiger partial charge in [-0.25, -0.2) is 8.42 Å². The van der Waals surface area contributed by atoms with Crippen molar-refractivity contribution in [2.24, 2.45) is 5.73 Å². The molecule has 1 atom stereocenters. The third-order valence-electron chi connectivity index (χ3n) is 2.02. The quantitative estimate of drug-likeness (QED) is 0.633. The monoisotopic (exact) mass is 236 g/mol. The second-order valence-corrected chi connectivity index (χ2v) is 6.00. The molecule has 0 fully saturated rings. The van der Waals surface area contributed by atoms with Gasteiger partial charge in [0, 0.05) is 19.5 Å². The van der Waals surface area contributed by atoms with Crippen LogP contribution in [0.5, 0.6) is 0 Å². The minimum absolute atomic E-state index is 0.0626. The highest BCUT2D eigenvalue weighted by atomic mass is 32.2. The molecule has 90 valence electrons. The molecule has 15 heavy (non-hydrogen) atoms. The number of nitrogens with two attached hydrogens (primary N) is 1. The predicted molar refractivity (Wildman–Crippen MR) is 60.2 cm³/mol. The predicted octanol–water partition coefficient (Wildman–Crippen LogP) is -0.335. The van der Waals surface area contributed by atoms with Crippen LogP contribution in [0.1, 0.15) is 26.2 Å². The van der Waals surface area contributed by atoms with E-state index in [0.717, 1.165) is 0 Å². The second kappa shape index (κ2) is 6.79. The first-order valence-corrected chi connectivity index (χ1v) is 6.86. The van der Waals surface area contributed by atoms with Gasteiger partial charge in [0.1, 0.15) is 9.84 Å². The lowest BCUT2D eigenvalue weighted by Crippen LogP contribution is -2.22. The lowest BCUT2D eigenvalue weighted by molar-refractivity contribution is -0.120. The Labute approximate surface area is 91.3 Å². The topological polar surface area (TPSA) is 89.3 Å². The van der Waals surface area contributed by atoms with Crippen LogP contribution in [0.4, 0.5) is 0 Å². The minimum Gasteiger partial charge on any atom is -0.359 e. The molecule has 0 aliphatic carbocycles. The Balaban J connectivity index is 3.80. The molecule has 0 bridgehead atoms. The standard InChI is InChI=1S/C9H20N2O3S/c1-8(10)5-7-15(13,14)6-3-4-9(12)11-2/h8H,3-7,10H2,1-2H3,(H,11,12). The molecule has 0 rings (SSSR count). The normalized spacial score (nSPS) is 13.5. The average Bonchev–Trinajstić information content (AvgIpc) is 2.14. The van der Waals surface area contributed by atoms with Crippen LogP contribution in [-0.4, -0.2) is 38.9 Å². The summed E-state index contributed by atoms with van der Waals surface area (Å²) in [5, 5.41) is 2.45. The number of rotatable bonds is 7. The number of nitrogens with one attached hydrogen (secondary N) is 1. The molecule has 1 unspecified atom stereocenters. The smallest absolute Gasteiger partial charge is 0.219 e. The number of sulfone groups is 1. The zero-order valence-electron chi connectivity index (χ0n) is 9.32. The fraction of sp³-hybridized carbons (Fsp3) is 0.889. The molecule has 0 heterocycles. The molecule has 0 aliphatic heterocycles. The largest absolute Gasteiger partial charge is 0.359 e. The Morgan fingerprint density at radius 2 is 2.00 bits per heavy atom. The van der Waals surface area contributed by atoms with E-state index >= 15 is 0 Å². The van der Waals surface area contributed by atoms with E-state index in [4.69, 9.17) is 5.73 Å². The maximum Gasteiger partial charge on any atom is 0.219 e. The van der Waals surface area contributed by atoms with Crippen LogP contribution >= 0.6 is 0 Å². The minimum atomic E-state index is -3.04. The third-order valence-corrected chi connectivity index (χ3v) is 3.79.